The summed E-state index contributed by atoms with van der Waals surface area (Å²) in [5, 5.41) is 17.5. The van der Waals surface area contributed by atoms with Crippen molar-refractivity contribution in [3.8, 4) is 5.75 Å². The van der Waals surface area contributed by atoms with Crippen LogP contribution in [-0.2, 0) is 20.3 Å². The molecule has 0 unspecified atom stereocenters. The lowest BCUT2D eigenvalue weighted by Crippen LogP contribution is -2.32. The average molecular weight is 377 g/mol. The molecular formula is C9H17NO11P2. The summed E-state index contributed by atoms with van der Waals surface area (Å²) in [6.07, 6.45) is 0.273. The quantitative estimate of drug-likeness (QED) is 0.273. The lowest BCUT2D eigenvalue weighted by Gasteiger charge is -2.05. The van der Waals surface area contributed by atoms with Crippen molar-refractivity contribution in [2.24, 2.45) is 5.73 Å². The predicted molar refractivity (Wildman–Crippen MR) is 75.9 cm³/mol. The highest BCUT2D eigenvalue weighted by atomic mass is 31.2. The Morgan fingerprint density at radius 1 is 0.957 bits per heavy atom. The van der Waals surface area contributed by atoms with E-state index in [2.05, 4.69) is 0 Å². The minimum Gasteiger partial charge on any atom is -0.508 e. The molecule has 0 aromatic heterocycles. The number of aliphatic carboxylic acids is 1. The molecule has 134 valence electrons. The van der Waals surface area contributed by atoms with E-state index in [1.54, 1.807) is 12.1 Å². The van der Waals surface area contributed by atoms with E-state index in [4.69, 9.17) is 54.4 Å². The van der Waals surface area contributed by atoms with E-state index >= 15 is 0 Å². The molecule has 0 bridgehead atoms. The second kappa shape index (κ2) is 10.4. The van der Waals surface area contributed by atoms with Gasteiger partial charge in [-0.3, -0.25) is 4.79 Å². The maximum atomic E-state index is 10.4. The van der Waals surface area contributed by atoms with Crippen LogP contribution in [0.2, 0.25) is 0 Å². The third kappa shape index (κ3) is 25.9. The first-order chi connectivity index (χ1) is 10.1. The van der Waals surface area contributed by atoms with Gasteiger partial charge in [-0.15, -0.1) is 0 Å². The first kappa shape index (κ1) is 23.9. The predicted octanol–water partition coefficient (Wildman–Crippen LogP) is -1.51. The van der Waals surface area contributed by atoms with Gasteiger partial charge in [0.25, 0.3) is 0 Å². The molecule has 0 amide bonds. The van der Waals surface area contributed by atoms with Gasteiger partial charge in [0, 0.05) is 0 Å². The highest BCUT2D eigenvalue weighted by Crippen LogP contribution is 2.26. The number of phenols is 1. The van der Waals surface area contributed by atoms with Crippen LogP contribution in [0.4, 0.5) is 0 Å². The SMILES string of the molecule is N[C@@H](Cc1ccc(O)cc1)C(=O)O.O=P(O)(O)O.O=P(O)(O)O. The Morgan fingerprint density at radius 3 is 1.52 bits per heavy atom. The lowest BCUT2D eigenvalue weighted by molar-refractivity contribution is -0.138. The van der Waals surface area contributed by atoms with Gasteiger partial charge in [-0.1, -0.05) is 12.1 Å². The second-order valence-electron chi connectivity index (χ2n) is 3.84. The van der Waals surface area contributed by atoms with Crippen molar-refractivity contribution < 1.29 is 53.5 Å². The van der Waals surface area contributed by atoms with Crippen molar-refractivity contribution in [2.45, 2.75) is 12.5 Å². The van der Waals surface area contributed by atoms with Crippen LogP contribution in [0.5, 0.6) is 5.75 Å². The number of carbonyl (C=O) groups is 1. The number of carboxylic acids is 1. The number of hydrogen-bond acceptors (Lipinski definition) is 5. The number of benzene rings is 1. The normalized spacial score (nSPS) is 12.1. The summed E-state index contributed by atoms with van der Waals surface area (Å²) in [4.78, 5) is 53.5. The van der Waals surface area contributed by atoms with Gasteiger partial charge in [-0.05, 0) is 24.1 Å². The summed E-state index contributed by atoms with van der Waals surface area (Å²) in [7, 11) is -9.28. The van der Waals surface area contributed by atoms with E-state index in [0.717, 1.165) is 5.56 Å². The maximum absolute atomic E-state index is 10.4. The van der Waals surface area contributed by atoms with Crippen molar-refractivity contribution in [3.05, 3.63) is 29.8 Å². The summed E-state index contributed by atoms with van der Waals surface area (Å²) in [5.74, 6) is -0.860. The number of rotatable bonds is 3. The van der Waals surface area contributed by atoms with Crippen LogP contribution < -0.4 is 5.73 Å². The van der Waals surface area contributed by atoms with Crippen LogP contribution >= 0.6 is 15.6 Å². The molecule has 0 radical (unpaired) electrons. The average Bonchev–Trinajstić information content (AvgIpc) is 2.27. The molecule has 10 N–H and O–H groups in total. The summed E-state index contributed by atoms with van der Waals surface area (Å²) in [6, 6.07) is 5.42. The fourth-order valence-electron chi connectivity index (χ4n) is 0.973. The molecule has 0 aliphatic carbocycles. The van der Waals surface area contributed by atoms with Crippen molar-refractivity contribution >= 4 is 21.6 Å². The minimum absolute atomic E-state index is 0.160. The molecule has 12 nitrogen and oxygen atoms in total. The Kier molecular flexibility index (Phi) is 10.9. The molecule has 0 aliphatic rings. The minimum atomic E-state index is -4.64. The third-order valence-electron chi connectivity index (χ3n) is 1.71. The standard InChI is InChI=1S/C9H11NO3.2H3O4P/c10-8(9(12)13)5-6-1-3-7(11)4-2-6;2*1-5(2,3)4/h1-4,8,11H,5,10H2,(H,12,13);2*(H3,1,2,3,4)/t8-;;/m0../s1. The van der Waals surface area contributed by atoms with Crippen LogP contribution in [-0.4, -0.2) is 51.6 Å². The summed E-state index contributed by atoms with van der Waals surface area (Å²) in [6.45, 7) is 0. The van der Waals surface area contributed by atoms with Crippen molar-refractivity contribution in [3.63, 3.8) is 0 Å². The van der Waals surface area contributed by atoms with Gasteiger partial charge in [0.05, 0.1) is 0 Å². The zero-order valence-electron chi connectivity index (χ0n) is 11.4. The van der Waals surface area contributed by atoms with Gasteiger partial charge in [-0.25, -0.2) is 9.13 Å². The number of hydrogen-bond donors (Lipinski definition) is 9. The Hall–Kier alpha value is -1.33. The van der Waals surface area contributed by atoms with Crippen molar-refractivity contribution in [1.29, 1.82) is 0 Å². The van der Waals surface area contributed by atoms with Gasteiger partial charge >= 0.3 is 21.6 Å². The van der Waals surface area contributed by atoms with E-state index in [0.29, 0.717) is 0 Å². The molecule has 0 saturated heterocycles. The van der Waals surface area contributed by atoms with Crippen LogP contribution in [0.1, 0.15) is 5.56 Å². The molecule has 1 aromatic carbocycles. The Balaban J connectivity index is 0. The summed E-state index contributed by atoms with van der Waals surface area (Å²) in [5.41, 5.74) is 6.12. The molecule has 0 saturated carbocycles. The lowest BCUT2D eigenvalue weighted by atomic mass is 10.1. The largest absolute Gasteiger partial charge is 0.508 e. The molecule has 0 spiro atoms. The van der Waals surface area contributed by atoms with Gasteiger partial charge in [0.2, 0.25) is 0 Å². The third-order valence-corrected chi connectivity index (χ3v) is 1.71. The first-order valence-electron chi connectivity index (χ1n) is 5.42. The van der Waals surface area contributed by atoms with Crippen LogP contribution in [0.25, 0.3) is 0 Å². The molecule has 0 aliphatic heterocycles. The Morgan fingerprint density at radius 2 is 1.26 bits per heavy atom. The van der Waals surface area contributed by atoms with Gasteiger partial charge in [0.15, 0.2) is 0 Å². The van der Waals surface area contributed by atoms with E-state index in [9.17, 15) is 4.79 Å². The van der Waals surface area contributed by atoms with E-state index < -0.39 is 27.7 Å². The monoisotopic (exact) mass is 377 g/mol. The van der Waals surface area contributed by atoms with Gasteiger partial charge in [0.1, 0.15) is 11.8 Å². The topological polar surface area (TPSA) is 239 Å². The number of phenolic OH excluding ortho intramolecular Hbond substituents is 1. The highest BCUT2D eigenvalue weighted by Gasteiger charge is 2.11. The van der Waals surface area contributed by atoms with Crippen molar-refractivity contribution in [1.82, 2.24) is 0 Å². The number of aromatic hydroxyl groups is 1. The Labute approximate surface area is 129 Å². The molecule has 14 heteroatoms. The van der Waals surface area contributed by atoms with Gasteiger partial charge in [-0.2, -0.15) is 0 Å². The maximum Gasteiger partial charge on any atom is 0.466 e. The van der Waals surface area contributed by atoms with Crippen LogP contribution in [0, 0.1) is 0 Å². The number of nitrogens with two attached hydrogens (primary N) is 1. The van der Waals surface area contributed by atoms with Crippen LogP contribution in [0.3, 0.4) is 0 Å². The Bertz CT molecular complexity index is 527. The first-order valence-corrected chi connectivity index (χ1v) is 8.55. The second-order valence-corrected chi connectivity index (χ2v) is 5.89. The number of phosphoric acid groups is 2. The van der Waals surface area contributed by atoms with Gasteiger partial charge < -0.3 is 45.3 Å². The summed E-state index contributed by atoms with van der Waals surface area (Å²) >= 11 is 0. The summed E-state index contributed by atoms with van der Waals surface area (Å²) < 4.78 is 17.8. The fourth-order valence-corrected chi connectivity index (χ4v) is 0.973. The zero-order chi connectivity index (χ0) is 18.8. The smallest absolute Gasteiger partial charge is 0.466 e. The molecule has 1 rings (SSSR count). The van der Waals surface area contributed by atoms with Crippen LogP contribution in [0.15, 0.2) is 24.3 Å². The van der Waals surface area contributed by atoms with E-state index in [1.165, 1.54) is 12.1 Å². The molecule has 1 aromatic rings. The highest BCUT2D eigenvalue weighted by molar-refractivity contribution is 7.45. The molecule has 23 heavy (non-hydrogen) atoms. The van der Waals surface area contributed by atoms with E-state index in [1.807, 2.05) is 0 Å². The van der Waals surface area contributed by atoms with E-state index in [-0.39, 0.29) is 12.2 Å². The zero-order valence-corrected chi connectivity index (χ0v) is 13.2. The molecule has 0 heterocycles. The molecular weight excluding hydrogens is 360 g/mol. The van der Waals surface area contributed by atoms with Crippen molar-refractivity contribution in [2.75, 3.05) is 0 Å². The molecule has 0 fully saturated rings. The molecule has 1 atom stereocenters. The number of carboxylic acid groups (broad SMARTS) is 1. The fraction of sp³-hybridized carbons (Fsp3) is 0.222.